The van der Waals surface area contributed by atoms with E-state index in [4.69, 9.17) is 28.4 Å². The van der Waals surface area contributed by atoms with Gasteiger partial charge in [0.2, 0.25) is 0 Å². The zero-order valence-corrected chi connectivity index (χ0v) is 47.6. The lowest BCUT2D eigenvalue weighted by atomic mass is 9.95. The van der Waals surface area contributed by atoms with Crippen LogP contribution in [0.5, 0.6) is 34.5 Å². The van der Waals surface area contributed by atoms with Crippen molar-refractivity contribution in [2.24, 2.45) is 21.7 Å². The molecule has 12 heteroatoms. The van der Waals surface area contributed by atoms with Gasteiger partial charge in [0.15, 0.2) is 11.6 Å². The highest BCUT2D eigenvalue weighted by Gasteiger charge is 2.30. The topological polar surface area (TPSA) is 158 Å². The second kappa shape index (κ2) is 25.4. The number of hydrogen-bond acceptors (Lipinski definition) is 12. The standard InChI is InChI=1S/C32H42O6.C30H38O6/c1-11-21-19-22(12-2)28(38-30(35)32(8,9)10)25(27(21)36-20(3)4)17-18-26(33)23-13-15-24(16-14-23)37-29(34)31(5,6)7;1-18(2)34-25-19(3)17-20(4)26(36-28(33)30(8,9)10)23(25)15-16-24(31)21-11-13-22(14-12-21)35-27(32)29(5,6)7/h13-20H,11-12H2,1-10H3;11-18H,1-10H3. The number of ketones is 2. The van der Waals surface area contributed by atoms with Gasteiger partial charge in [-0.15, -0.1) is 0 Å². The van der Waals surface area contributed by atoms with E-state index in [1.54, 1.807) is 144 Å². The molecule has 0 unspecified atom stereocenters. The maximum absolute atomic E-state index is 13.1. The Morgan fingerprint density at radius 1 is 0.432 bits per heavy atom. The van der Waals surface area contributed by atoms with Crippen LogP contribution < -0.4 is 28.4 Å². The molecule has 0 N–H and O–H groups in total. The Hall–Kier alpha value is -6.82. The average molecular weight is 1020 g/mol. The van der Waals surface area contributed by atoms with Crippen LogP contribution in [0.15, 0.2) is 72.8 Å². The van der Waals surface area contributed by atoms with E-state index >= 15 is 0 Å². The average Bonchev–Trinajstić information content (AvgIpc) is 3.29. The predicted octanol–water partition coefficient (Wildman–Crippen LogP) is 14.3. The third-order valence-corrected chi connectivity index (χ3v) is 10.9. The molecule has 400 valence electrons. The fourth-order valence-corrected chi connectivity index (χ4v) is 6.52. The minimum Gasteiger partial charge on any atom is -0.490 e. The number of carbonyl (C=O) groups excluding carboxylic acids is 6. The summed E-state index contributed by atoms with van der Waals surface area (Å²) >= 11 is 0. The van der Waals surface area contributed by atoms with Gasteiger partial charge in [-0.1, -0.05) is 13.8 Å². The third-order valence-electron chi connectivity index (χ3n) is 10.9. The molecule has 0 heterocycles. The summed E-state index contributed by atoms with van der Waals surface area (Å²) in [6.07, 6.45) is 7.28. The van der Waals surface area contributed by atoms with E-state index in [-0.39, 0.29) is 47.7 Å². The van der Waals surface area contributed by atoms with Crippen LogP contribution in [0.3, 0.4) is 0 Å². The van der Waals surface area contributed by atoms with E-state index in [2.05, 4.69) is 0 Å². The van der Waals surface area contributed by atoms with Crippen molar-refractivity contribution in [3.63, 3.8) is 0 Å². The fraction of sp³-hybridized carbons (Fsp3) is 0.452. The van der Waals surface area contributed by atoms with Crippen LogP contribution in [0.25, 0.3) is 12.2 Å². The molecule has 4 rings (SSSR count). The molecule has 0 spiro atoms. The van der Waals surface area contributed by atoms with Crippen molar-refractivity contribution < 1.29 is 57.2 Å². The smallest absolute Gasteiger partial charge is 0.316 e. The largest absolute Gasteiger partial charge is 0.490 e. The highest BCUT2D eigenvalue weighted by Crippen LogP contribution is 2.41. The fourth-order valence-electron chi connectivity index (χ4n) is 6.52. The van der Waals surface area contributed by atoms with Crippen molar-refractivity contribution in [3.8, 4) is 34.5 Å². The number of rotatable bonds is 16. The highest BCUT2D eigenvalue weighted by molar-refractivity contribution is 6.08. The van der Waals surface area contributed by atoms with Crippen LogP contribution >= 0.6 is 0 Å². The first-order valence-corrected chi connectivity index (χ1v) is 25.3. The molecule has 0 aliphatic carbocycles. The molecule has 0 amide bonds. The molecule has 4 aromatic rings. The SMILES string of the molecule is CCc1cc(CC)c(OC(C)C)c(C=CC(=O)c2ccc(OC(=O)C(C)(C)C)cc2)c1OC(=O)C(C)(C)C.Cc1cc(C)c(OC(C)C)c(C=CC(=O)c2ccc(OC(=O)C(C)(C)C)cc2)c1OC(=O)C(C)(C)C. The molecule has 0 fully saturated rings. The van der Waals surface area contributed by atoms with E-state index in [0.29, 0.717) is 69.6 Å². The maximum Gasteiger partial charge on any atom is 0.316 e. The van der Waals surface area contributed by atoms with Crippen molar-refractivity contribution >= 4 is 47.6 Å². The first-order valence-electron chi connectivity index (χ1n) is 25.3. The van der Waals surface area contributed by atoms with Gasteiger partial charge in [-0.25, -0.2) is 0 Å². The molecule has 12 nitrogen and oxygen atoms in total. The monoisotopic (exact) mass is 1020 g/mol. The van der Waals surface area contributed by atoms with Crippen LogP contribution in [-0.2, 0) is 32.0 Å². The van der Waals surface area contributed by atoms with Crippen molar-refractivity contribution in [2.45, 2.75) is 164 Å². The van der Waals surface area contributed by atoms with Crippen LogP contribution in [0, 0.1) is 35.5 Å². The van der Waals surface area contributed by atoms with Gasteiger partial charge >= 0.3 is 23.9 Å². The number of hydrogen-bond donors (Lipinski definition) is 0. The number of ether oxygens (including phenoxy) is 6. The Morgan fingerprint density at radius 2 is 0.743 bits per heavy atom. The second-order valence-electron chi connectivity index (χ2n) is 22.9. The van der Waals surface area contributed by atoms with Gasteiger partial charge in [-0.3, -0.25) is 28.8 Å². The molecule has 0 aromatic heterocycles. The quantitative estimate of drug-likeness (QED) is 0.0453. The summed E-state index contributed by atoms with van der Waals surface area (Å²) in [6.45, 7) is 36.9. The molecular formula is C62H80O12. The molecule has 0 bridgehead atoms. The van der Waals surface area contributed by atoms with Crippen LogP contribution in [0.2, 0.25) is 0 Å². The highest BCUT2D eigenvalue weighted by atomic mass is 16.6. The first-order chi connectivity index (χ1) is 34.1. The Morgan fingerprint density at radius 3 is 1.09 bits per heavy atom. The summed E-state index contributed by atoms with van der Waals surface area (Å²) in [5, 5.41) is 0. The molecule has 74 heavy (non-hydrogen) atoms. The molecule has 4 aromatic carbocycles. The summed E-state index contributed by atoms with van der Waals surface area (Å²) < 4.78 is 34.8. The van der Waals surface area contributed by atoms with E-state index in [9.17, 15) is 28.8 Å². The van der Waals surface area contributed by atoms with Gasteiger partial charge in [-0.2, -0.15) is 0 Å². The molecule has 0 aliphatic rings. The van der Waals surface area contributed by atoms with Crippen molar-refractivity contribution in [2.75, 3.05) is 0 Å². The van der Waals surface area contributed by atoms with Gasteiger partial charge < -0.3 is 28.4 Å². The molecule has 0 saturated carbocycles. The Labute approximate surface area is 440 Å². The lowest BCUT2D eigenvalue weighted by molar-refractivity contribution is -0.143. The second-order valence-corrected chi connectivity index (χ2v) is 22.9. The summed E-state index contributed by atoms with van der Waals surface area (Å²) in [5.74, 6) is 0.712. The van der Waals surface area contributed by atoms with Gasteiger partial charge in [0, 0.05) is 11.1 Å². The summed E-state index contributed by atoms with van der Waals surface area (Å²) in [4.78, 5) is 75.9. The molecule has 0 atom stereocenters. The van der Waals surface area contributed by atoms with Crippen molar-refractivity contribution in [1.29, 1.82) is 0 Å². The third kappa shape index (κ3) is 17.7. The Kier molecular flexibility index (Phi) is 21.1. The van der Waals surface area contributed by atoms with Gasteiger partial charge in [0.1, 0.15) is 34.5 Å². The number of carbonyl (C=O) groups is 6. The van der Waals surface area contributed by atoms with Crippen LogP contribution in [0.4, 0.5) is 0 Å². The predicted molar refractivity (Wildman–Crippen MR) is 293 cm³/mol. The zero-order valence-electron chi connectivity index (χ0n) is 47.6. The molecular weight excluding hydrogens is 937 g/mol. The number of esters is 4. The lowest BCUT2D eigenvalue weighted by Gasteiger charge is -2.23. The summed E-state index contributed by atoms with van der Waals surface area (Å²) in [7, 11) is 0. The van der Waals surface area contributed by atoms with E-state index in [0.717, 1.165) is 22.3 Å². The Bertz CT molecular complexity index is 2720. The molecule has 0 saturated heterocycles. The minimum atomic E-state index is -0.706. The minimum absolute atomic E-state index is 0.120. The van der Waals surface area contributed by atoms with Crippen molar-refractivity contribution in [3.05, 3.63) is 117 Å². The van der Waals surface area contributed by atoms with Crippen LogP contribution in [-0.4, -0.2) is 47.7 Å². The molecule has 0 radical (unpaired) electrons. The van der Waals surface area contributed by atoms with Crippen LogP contribution in [0.1, 0.15) is 179 Å². The summed E-state index contributed by atoms with van der Waals surface area (Å²) in [5.41, 5.74) is 2.75. The Balaban J connectivity index is 0.000000391. The van der Waals surface area contributed by atoms with E-state index < -0.39 is 21.7 Å². The van der Waals surface area contributed by atoms with Gasteiger partial charge in [-0.05, 0) is 245 Å². The van der Waals surface area contributed by atoms with Gasteiger partial charge in [0.25, 0.3) is 0 Å². The zero-order chi connectivity index (χ0) is 56.3. The molecule has 0 aliphatic heterocycles. The summed E-state index contributed by atoms with van der Waals surface area (Å²) in [6, 6.07) is 16.7. The van der Waals surface area contributed by atoms with Gasteiger partial charge in [0.05, 0.1) is 45.0 Å². The lowest BCUT2D eigenvalue weighted by Crippen LogP contribution is -2.26. The first kappa shape index (κ1) is 61.5. The number of allylic oxidation sites excluding steroid dienone is 2. The number of benzene rings is 4. The normalized spacial score (nSPS) is 12.1. The maximum atomic E-state index is 13.1. The van der Waals surface area contributed by atoms with E-state index in [1.165, 1.54) is 12.2 Å². The van der Waals surface area contributed by atoms with Crippen molar-refractivity contribution in [1.82, 2.24) is 0 Å². The van der Waals surface area contributed by atoms with E-state index in [1.807, 2.05) is 67.5 Å². The number of aryl methyl sites for hydroxylation is 4.